The molecular formula is C48H42O3Pd2. The number of hydrogen-bond acceptors (Lipinski definition) is 3. The molecule has 6 aromatic rings. The minimum absolute atomic E-state index is 0. The van der Waals surface area contributed by atoms with Crippen LogP contribution in [0.15, 0.2) is 200 Å². The third-order valence-electron chi connectivity index (χ3n) is 7.55. The third kappa shape index (κ3) is 15.2. The van der Waals surface area contributed by atoms with Gasteiger partial charge < -0.3 is 0 Å². The van der Waals surface area contributed by atoms with E-state index >= 15 is 0 Å². The summed E-state index contributed by atoms with van der Waals surface area (Å²) in [7, 11) is 0. The summed E-state index contributed by atoms with van der Waals surface area (Å²) >= 11 is 0. The van der Waals surface area contributed by atoms with Crippen molar-refractivity contribution in [3.8, 4) is 0 Å². The molecule has 0 aliphatic heterocycles. The molecule has 0 saturated heterocycles. The van der Waals surface area contributed by atoms with E-state index in [1.54, 1.807) is 39.0 Å². The summed E-state index contributed by atoms with van der Waals surface area (Å²) in [5.74, 6) is 0.188. The third-order valence-corrected chi connectivity index (χ3v) is 7.55. The first-order valence-corrected chi connectivity index (χ1v) is 16.8. The summed E-state index contributed by atoms with van der Waals surface area (Å²) in [5, 5.41) is 0. The van der Waals surface area contributed by atoms with E-state index in [1.165, 1.54) is 0 Å². The topological polar surface area (TPSA) is 51.2 Å². The minimum atomic E-state index is 0. The average Bonchev–Trinajstić information content (AvgIpc) is 3.17. The fraction of sp³-hybridized carbons (Fsp3) is 0.0625. The summed E-state index contributed by atoms with van der Waals surface area (Å²) in [6, 6.07) is 59.8. The minimum Gasteiger partial charge on any atom is -0.295 e. The summed E-state index contributed by atoms with van der Waals surface area (Å²) in [6.07, 6.45) is 5.06. The van der Waals surface area contributed by atoms with E-state index in [-0.39, 0.29) is 58.2 Å². The van der Waals surface area contributed by atoms with Gasteiger partial charge in [-0.1, -0.05) is 182 Å². The van der Waals surface area contributed by atoms with Gasteiger partial charge in [0.25, 0.3) is 0 Å². The van der Waals surface area contributed by atoms with Crippen molar-refractivity contribution in [1.82, 2.24) is 0 Å². The van der Waals surface area contributed by atoms with Crippen molar-refractivity contribution in [1.29, 1.82) is 0 Å². The molecule has 0 spiro atoms. The van der Waals surface area contributed by atoms with Gasteiger partial charge in [-0.25, -0.2) is 0 Å². The maximum absolute atomic E-state index is 11.3. The molecule has 0 aliphatic carbocycles. The zero-order valence-corrected chi connectivity index (χ0v) is 33.0. The van der Waals surface area contributed by atoms with Crippen molar-refractivity contribution in [2.24, 2.45) is 0 Å². The van der Waals surface area contributed by atoms with Gasteiger partial charge in [-0.3, -0.25) is 14.4 Å². The summed E-state index contributed by atoms with van der Waals surface area (Å²) in [5.41, 5.74) is 9.30. The molecule has 0 unspecified atom stereocenters. The summed E-state index contributed by atoms with van der Waals surface area (Å²) < 4.78 is 0. The van der Waals surface area contributed by atoms with Crippen LogP contribution in [0, 0.1) is 0 Å². The van der Waals surface area contributed by atoms with Crippen LogP contribution in [0.3, 0.4) is 0 Å². The van der Waals surface area contributed by atoms with Crippen LogP contribution in [0.25, 0.3) is 16.7 Å². The first-order valence-electron chi connectivity index (χ1n) is 16.8. The molecule has 0 radical (unpaired) electrons. The van der Waals surface area contributed by atoms with Gasteiger partial charge in [0.2, 0.25) is 0 Å². The van der Waals surface area contributed by atoms with E-state index in [0.29, 0.717) is 0 Å². The summed E-state index contributed by atoms with van der Waals surface area (Å²) in [6.45, 7) is 4.73. The van der Waals surface area contributed by atoms with E-state index in [0.717, 1.165) is 50.1 Å². The van der Waals surface area contributed by atoms with Crippen molar-refractivity contribution in [3.05, 3.63) is 234 Å². The molecule has 6 rings (SSSR count). The Labute approximate surface area is 341 Å². The zero-order chi connectivity index (χ0) is 36.3. The van der Waals surface area contributed by atoms with Crippen molar-refractivity contribution >= 4 is 34.1 Å². The maximum Gasteiger partial charge on any atom is 0.153 e. The quantitative estimate of drug-likeness (QED) is 0.107. The Balaban J connectivity index is 0.000000270. The van der Waals surface area contributed by atoms with Crippen LogP contribution in [-0.2, 0) is 55.2 Å². The molecule has 5 heteroatoms. The fourth-order valence-electron chi connectivity index (χ4n) is 5.32. The first kappa shape index (κ1) is 44.0. The molecule has 0 heterocycles. The molecule has 0 bridgehead atoms. The first-order chi connectivity index (χ1) is 24.8. The van der Waals surface area contributed by atoms with Crippen LogP contribution in [0.5, 0.6) is 0 Å². The predicted octanol–water partition coefficient (Wildman–Crippen LogP) is 11.1. The number of rotatable bonds is 9. The van der Waals surface area contributed by atoms with Gasteiger partial charge in [0, 0.05) is 40.8 Å². The van der Waals surface area contributed by atoms with Gasteiger partial charge >= 0.3 is 0 Å². The Morgan fingerprint density at radius 3 is 0.528 bits per heavy atom. The Morgan fingerprint density at radius 1 is 0.283 bits per heavy atom. The normalized spacial score (nSPS) is 9.34. The second-order valence-corrected chi connectivity index (χ2v) is 11.7. The van der Waals surface area contributed by atoms with Crippen LogP contribution >= 0.6 is 0 Å². The maximum atomic E-state index is 11.3. The van der Waals surface area contributed by atoms with Crippen molar-refractivity contribution in [2.75, 3.05) is 0 Å². The summed E-state index contributed by atoms with van der Waals surface area (Å²) in [4.78, 5) is 34.0. The molecule has 6 aromatic carbocycles. The molecule has 0 saturated carbocycles. The number of carbonyl (C=O) groups excluding carboxylic acids is 3. The van der Waals surface area contributed by atoms with Crippen LogP contribution in [0.1, 0.15) is 54.2 Å². The molecule has 0 aliphatic rings. The number of hydrogen-bond donors (Lipinski definition) is 0. The van der Waals surface area contributed by atoms with Crippen LogP contribution in [0.4, 0.5) is 0 Å². The predicted molar refractivity (Wildman–Crippen MR) is 212 cm³/mol. The number of benzene rings is 6. The SMILES string of the molecule is CC(=O)C=C(c1ccccc1)c1ccccc1.CC(=O)C=C(c1ccccc1)c1ccccc1.CC(=O)C=C(c1ccccc1)c1ccccc1.[Pd].[Pd]. The van der Waals surface area contributed by atoms with Gasteiger partial charge in [0.05, 0.1) is 0 Å². The molecule has 3 nitrogen and oxygen atoms in total. The van der Waals surface area contributed by atoms with Crippen molar-refractivity contribution in [3.63, 3.8) is 0 Å². The zero-order valence-electron chi connectivity index (χ0n) is 29.9. The molecule has 0 N–H and O–H groups in total. The van der Waals surface area contributed by atoms with Crippen molar-refractivity contribution < 1.29 is 55.2 Å². The number of carbonyl (C=O) groups is 3. The molecule has 53 heavy (non-hydrogen) atoms. The molecule has 0 atom stereocenters. The van der Waals surface area contributed by atoms with Gasteiger partial charge in [-0.05, 0) is 89.1 Å². The van der Waals surface area contributed by atoms with Crippen LogP contribution < -0.4 is 0 Å². The van der Waals surface area contributed by atoms with E-state index < -0.39 is 0 Å². The molecule has 0 aromatic heterocycles. The second kappa shape index (κ2) is 24.2. The Kier molecular flexibility index (Phi) is 20.1. The van der Waals surface area contributed by atoms with Gasteiger partial charge in [-0.15, -0.1) is 0 Å². The van der Waals surface area contributed by atoms with Gasteiger partial charge in [0.1, 0.15) is 0 Å². The smallest absolute Gasteiger partial charge is 0.153 e. The van der Waals surface area contributed by atoms with Crippen LogP contribution in [-0.4, -0.2) is 17.3 Å². The number of ketones is 3. The molecule has 0 fully saturated rings. The molecule has 272 valence electrons. The Morgan fingerprint density at radius 2 is 0.415 bits per heavy atom. The second-order valence-electron chi connectivity index (χ2n) is 11.7. The Hall–Kier alpha value is -5.13. The van der Waals surface area contributed by atoms with Gasteiger partial charge in [0.15, 0.2) is 17.3 Å². The van der Waals surface area contributed by atoms with Gasteiger partial charge in [-0.2, -0.15) is 0 Å². The average molecular weight is 880 g/mol. The van der Waals surface area contributed by atoms with Crippen molar-refractivity contribution in [2.45, 2.75) is 20.8 Å². The fourth-order valence-corrected chi connectivity index (χ4v) is 5.32. The molecular weight excluding hydrogens is 837 g/mol. The standard InChI is InChI=1S/3C16H14O.2Pd/c3*1-13(17)12-16(14-8-4-2-5-9-14)15-10-6-3-7-11-15;;/h3*2-12H,1H3;;. The van der Waals surface area contributed by atoms with E-state index in [2.05, 4.69) is 0 Å². The molecule has 0 amide bonds. The van der Waals surface area contributed by atoms with E-state index in [9.17, 15) is 14.4 Å². The van der Waals surface area contributed by atoms with E-state index in [4.69, 9.17) is 0 Å². The largest absolute Gasteiger partial charge is 0.295 e. The number of allylic oxidation sites excluding steroid dienone is 3. The van der Waals surface area contributed by atoms with Crippen LogP contribution in [0.2, 0.25) is 0 Å². The monoisotopic (exact) mass is 878 g/mol. The Bertz CT molecular complexity index is 1700. The van der Waals surface area contributed by atoms with E-state index in [1.807, 2.05) is 182 Å².